The second-order valence-corrected chi connectivity index (χ2v) is 4.73. The fourth-order valence-electron chi connectivity index (χ4n) is 2.01. The third-order valence-electron chi connectivity index (χ3n) is 3.14. The van der Waals surface area contributed by atoms with E-state index in [0.717, 1.165) is 24.3 Å². The zero-order chi connectivity index (χ0) is 11.5. The highest BCUT2D eigenvalue weighted by molar-refractivity contribution is 6.30. The Morgan fingerprint density at radius 3 is 2.75 bits per heavy atom. The molecule has 0 N–H and O–H groups in total. The molecule has 2 rings (SSSR count). The molecular formula is C13H15ClO2. The minimum Gasteiger partial charge on any atom is -0.469 e. The molecule has 1 aliphatic rings. The van der Waals surface area contributed by atoms with Crippen molar-refractivity contribution in [3.8, 4) is 0 Å². The molecule has 0 aliphatic heterocycles. The average molecular weight is 239 g/mol. The monoisotopic (exact) mass is 238 g/mol. The van der Waals surface area contributed by atoms with E-state index < -0.39 is 0 Å². The summed E-state index contributed by atoms with van der Waals surface area (Å²) in [7, 11) is 1.46. The van der Waals surface area contributed by atoms with Gasteiger partial charge >= 0.3 is 5.97 Å². The first-order valence-corrected chi connectivity index (χ1v) is 5.91. The van der Waals surface area contributed by atoms with E-state index in [1.807, 2.05) is 24.3 Å². The van der Waals surface area contributed by atoms with Crippen LogP contribution in [0.4, 0.5) is 0 Å². The van der Waals surface area contributed by atoms with Crippen molar-refractivity contribution in [1.29, 1.82) is 0 Å². The minimum absolute atomic E-state index is 0.0545. The summed E-state index contributed by atoms with van der Waals surface area (Å²) in [5.41, 5.74) is 1.28. The lowest BCUT2D eigenvalue weighted by atomic mass is 10.1. The number of hydrogen-bond acceptors (Lipinski definition) is 2. The predicted molar refractivity (Wildman–Crippen MR) is 63.4 cm³/mol. The molecule has 0 spiro atoms. The molecule has 0 aromatic heterocycles. The van der Waals surface area contributed by atoms with Crippen LogP contribution < -0.4 is 0 Å². The van der Waals surface area contributed by atoms with Crippen LogP contribution in [-0.4, -0.2) is 13.1 Å². The van der Waals surface area contributed by atoms with Crippen LogP contribution in [0.25, 0.3) is 0 Å². The van der Waals surface area contributed by atoms with Gasteiger partial charge in [0.25, 0.3) is 0 Å². The summed E-state index contributed by atoms with van der Waals surface area (Å²) in [6.07, 6.45) is 3.05. The molecule has 1 aromatic rings. The standard InChI is InChI=1S/C13H15ClO2/c1-16-13(15)12-8-10(12)5-2-9-3-6-11(14)7-4-9/h3-4,6-7,10,12H,2,5,8H2,1H3. The summed E-state index contributed by atoms with van der Waals surface area (Å²) in [6.45, 7) is 0. The Balaban J connectivity index is 1.77. The lowest BCUT2D eigenvalue weighted by molar-refractivity contribution is -0.142. The summed E-state index contributed by atoms with van der Waals surface area (Å²) in [5.74, 6) is 0.613. The van der Waals surface area contributed by atoms with E-state index in [4.69, 9.17) is 16.3 Å². The highest BCUT2D eigenvalue weighted by atomic mass is 35.5. The fraction of sp³-hybridized carbons (Fsp3) is 0.462. The number of ether oxygens (including phenoxy) is 1. The zero-order valence-corrected chi connectivity index (χ0v) is 10.0. The average Bonchev–Trinajstić information content (AvgIpc) is 3.07. The topological polar surface area (TPSA) is 26.3 Å². The summed E-state index contributed by atoms with van der Waals surface area (Å²) in [6, 6.07) is 7.89. The number of rotatable bonds is 4. The molecule has 16 heavy (non-hydrogen) atoms. The smallest absolute Gasteiger partial charge is 0.308 e. The fourth-order valence-corrected chi connectivity index (χ4v) is 2.14. The Kier molecular flexibility index (Phi) is 3.49. The van der Waals surface area contributed by atoms with Gasteiger partial charge < -0.3 is 4.74 Å². The minimum atomic E-state index is -0.0545. The van der Waals surface area contributed by atoms with Crippen LogP contribution in [0.1, 0.15) is 18.4 Å². The molecule has 0 bridgehead atoms. The van der Waals surface area contributed by atoms with Gasteiger partial charge in [0.15, 0.2) is 0 Å². The number of benzene rings is 1. The molecule has 2 atom stereocenters. The molecule has 86 valence electrons. The van der Waals surface area contributed by atoms with Crippen LogP contribution in [0.2, 0.25) is 5.02 Å². The number of methoxy groups -OCH3 is 1. The molecule has 2 unspecified atom stereocenters. The molecule has 2 nitrogen and oxygen atoms in total. The first kappa shape index (κ1) is 11.5. The summed E-state index contributed by atoms with van der Waals surface area (Å²) in [4.78, 5) is 11.2. The Labute approximate surface area is 101 Å². The maximum absolute atomic E-state index is 11.2. The first-order valence-electron chi connectivity index (χ1n) is 5.53. The molecule has 0 saturated heterocycles. The maximum Gasteiger partial charge on any atom is 0.308 e. The van der Waals surface area contributed by atoms with Crippen molar-refractivity contribution in [2.45, 2.75) is 19.3 Å². The molecule has 0 radical (unpaired) electrons. The second kappa shape index (κ2) is 4.88. The summed E-state index contributed by atoms with van der Waals surface area (Å²) < 4.78 is 4.72. The van der Waals surface area contributed by atoms with Gasteiger partial charge in [0.2, 0.25) is 0 Å². The van der Waals surface area contributed by atoms with Gasteiger partial charge in [-0.2, -0.15) is 0 Å². The van der Waals surface area contributed by atoms with Gasteiger partial charge in [0.05, 0.1) is 13.0 Å². The third kappa shape index (κ3) is 2.76. The van der Waals surface area contributed by atoms with E-state index in [-0.39, 0.29) is 11.9 Å². The molecule has 1 aromatic carbocycles. The van der Waals surface area contributed by atoms with Crippen molar-refractivity contribution in [3.05, 3.63) is 34.9 Å². The van der Waals surface area contributed by atoms with Crippen LogP contribution in [-0.2, 0) is 16.0 Å². The number of hydrogen-bond donors (Lipinski definition) is 0. The van der Waals surface area contributed by atoms with Crippen LogP contribution in [0.15, 0.2) is 24.3 Å². The van der Waals surface area contributed by atoms with Crippen molar-refractivity contribution in [3.63, 3.8) is 0 Å². The SMILES string of the molecule is COC(=O)C1CC1CCc1ccc(Cl)cc1. The molecule has 1 fully saturated rings. The highest BCUT2D eigenvalue weighted by Gasteiger charge is 2.43. The van der Waals surface area contributed by atoms with Crippen LogP contribution in [0, 0.1) is 11.8 Å². The van der Waals surface area contributed by atoms with E-state index in [2.05, 4.69) is 0 Å². The maximum atomic E-state index is 11.2. The van der Waals surface area contributed by atoms with E-state index in [1.165, 1.54) is 12.7 Å². The van der Waals surface area contributed by atoms with Crippen LogP contribution in [0.3, 0.4) is 0 Å². The molecular weight excluding hydrogens is 224 g/mol. The van der Waals surface area contributed by atoms with Crippen molar-refractivity contribution < 1.29 is 9.53 Å². The van der Waals surface area contributed by atoms with Gasteiger partial charge in [0.1, 0.15) is 0 Å². The van der Waals surface area contributed by atoms with Gasteiger partial charge in [-0.05, 0) is 42.9 Å². The Bertz CT molecular complexity index is 372. The van der Waals surface area contributed by atoms with Gasteiger partial charge in [-0.25, -0.2) is 0 Å². The normalized spacial score (nSPS) is 22.9. The molecule has 1 aliphatic carbocycles. The van der Waals surface area contributed by atoms with E-state index in [1.54, 1.807) is 0 Å². The number of halogens is 1. The molecule has 1 saturated carbocycles. The van der Waals surface area contributed by atoms with Crippen molar-refractivity contribution in [1.82, 2.24) is 0 Å². The Morgan fingerprint density at radius 1 is 1.44 bits per heavy atom. The van der Waals surface area contributed by atoms with Crippen molar-refractivity contribution in [2.24, 2.45) is 11.8 Å². The summed E-state index contributed by atoms with van der Waals surface area (Å²) >= 11 is 5.81. The second-order valence-electron chi connectivity index (χ2n) is 4.29. The van der Waals surface area contributed by atoms with E-state index in [9.17, 15) is 4.79 Å². The summed E-state index contributed by atoms with van der Waals surface area (Å²) in [5, 5.41) is 0.766. The predicted octanol–water partition coefficient (Wildman–Crippen LogP) is 3.08. The van der Waals surface area contributed by atoms with Gasteiger partial charge in [-0.3, -0.25) is 4.79 Å². The number of aryl methyl sites for hydroxylation is 1. The Morgan fingerprint density at radius 2 is 2.12 bits per heavy atom. The van der Waals surface area contributed by atoms with Gasteiger partial charge in [-0.1, -0.05) is 23.7 Å². The van der Waals surface area contributed by atoms with E-state index >= 15 is 0 Å². The third-order valence-corrected chi connectivity index (χ3v) is 3.40. The lowest BCUT2D eigenvalue weighted by Crippen LogP contribution is -2.04. The van der Waals surface area contributed by atoms with E-state index in [0.29, 0.717) is 5.92 Å². The highest BCUT2D eigenvalue weighted by Crippen LogP contribution is 2.42. The lowest BCUT2D eigenvalue weighted by Gasteiger charge is -2.01. The number of carbonyl (C=O) groups excluding carboxylic acids is 1. The van der Waals surface area contributed by atoms with Crippen molar-refractivity contribution in [2.75, 3.05) is 7.11 Å². The van der Waals surface area contributed by atoms with Gasteiger partial charge in [-0.15, -0.1) is 0 Å². The van der Waals surface area contributed by atoms with Gasteiger partial charge in [0, 0.05) is 5.02 Å². The number of carbonyl (C=O) groups is 1. The van der Waals surface area contributed by atoms with Crippen LogP contribution in [0.5, 0.6) is 0 Å². The quantitative estimate of drug-likeness (QED) is 0.754. The number of esters is 1. The molecule has 3 heteroatoms. The zero-order valence-electron chi connectivity index (χ0n) is 9.28. The van der Waals surface area contributed by atoms with Crippen LogP contribution >= 0.6 is 11.6 Å². The Hall–Kier alpha value is -1.02. The largest absolute Gasteiger partial charge is 0.469 e. The molecule has 0 heterocycles. The van der Waals surface area contributed by atoms with Crippen molar-refractivity contribution >= 4 is 17.6 Å². The molecule has 0 amide bonds. The first-order chi connectivity index (χ1) is 7.70.